The lowest BCUT2D eigenvalue weighted by molar-refractivity contribution is 0.0698. The summed E-state index contributed by atoms with van der Waals surface area (Å²) in [5.74, 6) is -0.720. The molecule has 0 unspecified atom stereocenters. The van der Waals surface area contributed by atoms with Crippen LogP contribution < -0.4 is 0 Å². The topological polar surface area (TPSA) is 57.7 Å². The molecule has 26 heavy (non-hydrogen) atoms. The van der Waals surface area contributed by atoms with Crippen LogP contribution in [0.15, 0.2) is 47.4 Å². The normalized spacial score (nSPS) is 15.9. The van der Waals surface area contributed by atoms with Crippen molar-refractivity contribution in [1.82, 2.24) is 9.21 Å². The number of carbonyl (C=O) groups excluding carboxylic acids is 1. The van der Waals surface area contributed by atoms with Crippen LogP contribution in [0, 0.1) is 12.7 Å². The van der Waals surface area contributed by atoms with Gasteiger partial charge in [-0.15, -0.1) is 0 Å². The van der Waals surface area contributed by atoms with E-state index in [1.807, 2.05) is 0 Å². The molecule has 0 spiro atoms. The Morgan fingerprint density at radius 2 is 1.65 bits per heavy atom. The number of nitrogens with zero attached hydrogens (tertiary/aromatic N) is 2. The lowest BCUT2D eigenvalue weighted by Gasteiger charge is -2.34. The molecule has 138 valence electrons. The number of hydrogen-bond acceptors (Lipinski definition) is 3. The van der Waals surface area contributed by atoms with Gasteiger partial charge in [0.25, 0.3) is 5.91 Å². The molecule has 1 fully saturated rings. The molecule has 1 aliphatic rings. The Morgan fingerprint density at radius 3 is 2.23 bits per heavy atom. The van der Waals surface area contributed by atoms with Crippen LogP contribution in [0.4, 0.5) is 4.39 Å². The second-order valence-electron chi connectivity index (χ2n) is 6.11. The third-order valence-corrected chi connectivity index (χ3v) is 6.54. The maximum Gasteiger partial charge on any atom is 0.253 e. The molecular weight excluding hydrogens is 379 g/mol. The van der Waals surface area contributed by atoms with Gasteiger partial charge in [0.2, 0.25) is 10.0 Å². The summed E-state index contributed by atoms with van der Waals surface area (Å²) in [6.45, 7) is 2.45. The first kappa shape index (κ1) is 18.8. The van der Waals surface area contributed by atoms with Crippen LogP contribution in [-0.2, 0) is 10.0 Å². The van der Waals surface area contributed by atoms with Gasteiger partial charge in [0.15, 0.2) is 0 Å². The molecule has 0 aliphatic carbocycles. The summed E-state index contributed by atoms with van der Waals surface area (Å²) < 4.78 is 40.3. The number of aryl methyl sites for hydroxylation is 1. The van der Waals surface area contributed by atoms with Gasteiger partial charge in [-0.25, -0.2) is 12.8 Å². The average Bonchev–Trinajstić information content (AvgIpc) is 2.64. The highest BCUT2D eigenvalue weighted by atomic mass is 35.5. The minimum atomic E-state index is -3.78. The van der Waals surface area contributed by atoms with Crippen molar-refractivity contribution >= 4 is 27.5 Å². The monoisotopic (exact) mass is 396 g/mol. The highest BCUT2D eigenvalue weighted by molar-refractivity contribution is 7.89. The number of hydrogen-bond donors (Lipinski definition) is 0. The van der Waals surface area contributed by atoms with Crippen molar-refractivity contribution < 1.29 is 17.6 Å². The number of piperazine rings is 1. The summed E-state index contributed by atoms with van der Waals surface area (Å²) >= 11 is 5.83. The van der Waals surface area contributed by atoms with E-state index in [-0.39, 0.29) is 37.0 Å². The van der Waals surface area contributed by atoms with Gasteiger partial charge >= 0.3 is 0 Å². The Kier molecular flexibility index (Phi) is 5.32. The molecule has 1 aliphatic heterocycles. The van der Waals surface area contributed by atoms with Gasteiger partial charge < -0.3 is 4.90 Å². The van der Waals surface area contributed by atoms with Gasteiger partial charge in [-0.05, 0) is 48.9 Å². The zero-order chi connectivity index (χ0) is 18.9. The van der Waals surface area contributed by atoms with Gasteiger partial charge in [-0.2, -0.15) is 4.31 Å². The Labute approximate surface area is 157 Å². The van der Waals surface area contributed by atoms with E-state index < -0.39 is 15.8 Å². The van der Waals surface area contributed by atoms with Crippen LogP contribution in [0.5, 0.6) is 0 Å². The predicted molar refractivity (Wildman–Crippen MR) is 97.3 cm³/mol. The highest BCUT2D eigenvalue weighted by Gasteiger charge is 2.30. The van der Waals surface area contributed by atoms with E-state index in [9.17, 15) is 17.6 Å². The van der Waals surface area contributed by atoms with E-state index >= 15 is 0 Å². The molecule has 0 radical (unpaired) electrons. The SMILES string of the molecule is Cc1ccc(S(=O)(=O)N2CCN(C(=O)c3ccc(Cl)cc3)CC2)cc1F. The molecular formula is C18H18ClFN2O3S. The Bertz CT molecular complexity index is 924. The average molecular weight is 397 g/mol. The van der Waals surface area contributed by atoms with Crippen LogP contribution in [-0.4, -0.2) is 49.7 Å². The molecule has 0 aromatic heterocycles. The minimum absolute atomic E-state index is 0.0712. The van der Waals surface area contributed by atoms with Crippen LogP contribution in [0.2, 0.25) is 5.02 Å². The molecule has 1 amide bonds. The first-order valence-electron chi connectivity index (χ1n) is 8.10. The van der Waals surface area contributed by atoms with E-state index in [4.69, 9.17) is 11.6 Å². The lowest BCUT2D eigenvalue weighted by Crippen LogP contribution is -2.50. The van der Waals surface area contributed by atoms with Crippen LogP contribution in [0.25, 0.3) is 0 Å². The zero-order valence-electron chi connectivity index (χ0n) is 14.2. The van der Waals surface area contributed by atoms with E-state index in [2.05, 4.69) is 0 Å². The quantitative estimate of drug-likeness (QED) is 0.801. The molecule has 0 bridgehead atoms. The minimum Gasteiger partial charge on any atom is -0.336 e. The largest absolute Gasteiger partial charge is 0.336 e. The molecule has 0 N–H and O–H groups in total. The predicted octanol–water partition coefficient (Wildman–Crippen LogP) is 2.93. The smallest absolute Gasteiger partial charge is 0.253 e. The number of halogens is 2. The number of benzene rings is 2. The molecule has 0 saturated carbocycles. The van der Waals surface area contributed by atoms with Crippen molar-refractivity contribution in [3.63, 3.8) is 0 Å². The Morgan fingerprint density at radius 1 is 1.04 bits per heavy atom. The number of rotatable bonds is 3. The van der Waals surface area contributed by atoms with E-state index in [1.54, 1.807) is 36.1 Å². The van der Waals surface area contributed by atoms with Crippen molar-refractivity contribution in [1.29, 1.82) is 0 Å². The molecule has 5 nitrogen and oxygen atoms in total. The lowest BCUT2D eigenvalue weighted by atomic mass is 10.2. The maximum atomic E-state index is 13.7. The molecule has 3 rings (SSSR count). The van der Waals surface area contributed by atoms with E-state index in [0.29, 0.717) is 16.1 Å². The fourth-order valence-electron chi connectivity index (χ4n) is 2.79. The number of sulfonamides is 1. The highest BCUT2D eigenvalue weighted by Crippen LogP contribution is 2.21. The summed E-state index contributed by atoms with van der Waals surface area (Å²) in [4.78, 5) is 14.0. The van der Waals surface area contributed by atoms with Crippen molar-refractivity contribution in [3.05, 3.63) is 64.4 Å². The molecule has 8 heteroatoms. The standard InChI is InChI=1S/C18H18ClFN2O3S/c1-13-2-7-16(12-17(13)20)26(24,25)22-10-8-21(9-11-22)18(23)14-3-5-15(19)6-4-14/h2-7,12H,8-11H2,1H3. The maximum absolute atomic E-state index is 13.7. The van der Waals surface area contributed by atoms with Crippen molar-refractivity contribution in [2.45, 2.75) is 11.8 Å². The van der Waals surface area contributed by atoms with Gasteiger partial charge in [-0.1, -0.05) is 17.7 Å². The Balaban J connectivity index is 1.70. The van der Waals surface area contributed by atoms with Gasteiger partial charge in [0.05, 0.1) is 4.90 Å². The summed E-state index contributed by atoms with van der Waals surface area (Å²) in [6, 6.07) is 10.5. The molecule has 1 heterocycles. The second-order valence-corrected chi connectivity index (χ2v) is 8.49. The number of amides is 1. The molecule has 0 atom stereocenters. The van der Waals surface area contributed by atoms with Crippen LogP contribution in [0.1, 0.15) is 15.9 Å². The summed E-state index contributed by atoms with van der Waals surface area (Å²) in [7, 11) is -3.78. The van der Waals surface area contributed by atoms with Gasteiger partial charge in [-0.3, -0.25) is 4.79 Å². The fourth-order valence-corrected chi connectivity index (χ4v) is 4.35. The van der Waals surface area contributed by atoms with Crippen LogP contribution >= 0.6 is 11.6 Å². The van der Waals surface area contributed by atoms with Crippen molar-refractivity contribution in [2.24, 2.45) is 0 Å². The fraction of sp³-hybridized carbons (Fsp3) is 0.278. The van der Waals surface area contributed by atoms with Gasteiger partial charge in [0.1, 0.15) is 5.82 Å². The summed E-state index contributed by atoms with van der Waals surface area (Å²) in [5.41, 5.74) is 0.897. The first-order valence-corrected chi connectivity index (χ1v) is 9.92. The van der Waals surface area contributed by atoms with E-state index in [0.717, 1.165) is 6.07 Å². The van der Waals surface area contributed by atoms with Crippen molar-refractivity contribution in [2.75, 3.05) is 26.2 Å². The van der Waals surface area contributed by atoms with Crippen LogP contribution in [0.3, 0.4) is 0 Å². The third kappa shape index (κ3) is 3.75. The third-order valence-electron chi connectivity index (χ3n) is 4.40. The van der Waals surface area contributed by atoms with Gasteiger partial charge in [0, 0.05) is 36.8 Å². The number of carbonyl (C=O) groups is 1. The summed E-state index contributed by atoms with van der Waals surface area (Å²) in [6.07, 6.45) is 0. The first-order chi connectivity index (χ1) is 12.3. The Hall–Kier alpha value is -1.96. The molecule has 2 aromatic rings. The summed E-state index contributed by atoms with van der Waals surface area (Å²) in [5, 5.41) is 0.544. The second kappa shape index (κ2) is 7.34. The molecule has 2 aromatic carbocycles. The zero-order valence-corrected chi connectivity index (χ0v) is 15.7. The van der Waals surface area contributed by atoms with E-state index in [1.165, 1.54) is 16.4 Å². The van der Waals surface area contributed by atoms with Crippen molar-refractivity contribution in [3.8, 4) is 0 Å². The molecule has 1 saturated heterocycles.